The Labute approximate surface area is 377 Å². The van der Waals surface area contributed by atoms with Crippen LogP contribution in [0, 0.1) is 0 Å². The van der Waals surface area contributed by atoms with Crippen molar-refractivity contribution in [2.75, 3.05) is 25.1 Å². The summed E-state index contributed by atoms with van der Waals surface area (Å²) >= 11 is 3.87. The van der Waals surface area contributed by atoms with Gasteiger partial charge in [-0.2, -0.15) is 21.1 Å². The first kappa shape index (κ1) is 44.8. The molecule has 15 nitrogen and oxygen atoms in total. The first-order valence-electron chi connectivity index (χ1n) is 20.0. The molecule has 0 saturated carbocycles. The van der Waals surface area contributed by atoms with E-state index >= 15 is 0 Å². The predicted molar refractivity (Wildman–Crippen MR) is 242 cm³/mol. The topological polar surface area (TPSA) is 200 Å². The van der Waals surface area contributed by atoms with Crippen molar-refractivity contribution in [2.45, 2.75) is 67.5 Å². The molecule has 0 radical (unpaired) electrons. The number of anilines is 1. The molecule has 2 aromatic heterocycles. The third-order valence-corrected chi connectivity index (χ3v) is 12.8. The molecular weight excluding hydrogens is 861 g/mol. The number of nitrogen functional groups attached to an aromatic ring is 1. The summed E-state index contributed by atoms with van der Waals surface area (Å²) in [4.78, 5) is 72.1. The molecule has 18 heteroatoms. The number of thioether (sulfide) groups is 2. The molecule has 0 spiro atoms. The SMILES string of the molecule is COC(=O)C1=C(Sc2ccncc2CSCCNC(=O)OC(C)(C)C)CC[C@@H]2[C@H](NC(=O)C(=NOC(c3ccccc3)(c3ccccc3)c3ccccc3)c3nsc(N)n3)C(=O)N12. The number of nitrogens with two attached hydrogens (primary N) is 1. The number of nitrogens with zero attached hydrogens (tertiary/aromatic N) is 5. The van der Waals surface area contributed by atoms with Gasteiger partial charge in [0.1, 0.15) is 17.3 Å². The molecule has 4 heterocycles. The molecule has 2 atom stereocenters. The number of β-lactam (4-membered cyclic amide) rings is 1. The normalized spacial score (nSPS) is 16.4. The molecule has 0 unspecified atom stereocenters. The second-order valence-corrected chi connectivity index (χ2v) is 18.4. The molecule has 3 aromatic carbocycles. The molecule has 0 bridgehead atoms. The van der Waals surface area contributed by atoms with Gasteiger partial charge >= 0.3 is 12.1 Å². The van der Waals surface area contributed by atoms with E-state index < -0.39 is 47.2 Å². The third kappa shape index (κ3) is 10.2. The summed E-state index contributed by atoms with van der Waals surface area (Å²) in [6.45, 7) is 5.84. The number of aromatic nitrogens is 3. The molecule has 3 amide bonds. The number of carbonyl (C=O) groups is 4. The molecule has 0 aliphatic carbocycles. The molecular formula is C45H46N8O7S3. The molecule has 1 fully saturated rings. The van der Waals surface area contributed by atoms with Gasteiger partial charge in [0.15, 0.2) is 5.13 Å². The number of amides is 3. The summed E-state index contributed by atoms with van der Waals surface area (Å²) in [6.07, 6.45) is 3.82. The maximum Gasteiger partial charge on any atom is 0.407 e. The summed E-state index contributed by atoms with van der Waals surface area (Å²) in [6, 6.07) is 28.9. The van der Waals surface area contributed by atoms with Crippen LogP contribution in [0.25, 0.3) is 0 Å². The van der Waals surface area contributed by atoms with Crippen molar-refractivity contribution >= 4 is 69.8 Å². The van der Waals surface area contributed by atoms with Crippen molar-refractivity contribution in [3.8, 4) is 0 Å². The van der Waals surface area contributed by atoms with E-state index in [1.54, 1.807) is 24.2 Å². The Morgan fingerprint density at radius 2 is 1.59 bits per heavy atom. The van der Waals surface area contributed by atoms with E-state index in [4.69, 9.17) is 20.0 Å². The second-order valence-electron chi connectivity index (χ2n) is 15.4. The molecule has 63 heavy (non-hydrogen) atoms. The Morgan fingerprint density at radius 1 is 0.952 bits per heavy atom. The quantitative estimate of drug-likeness (QED) is 0.0238. The standard InChI is InChI=1S/C45H46N8O7S3/c1-44(2,3)59-43(57)48-24-25-61-27-28-26-47-23-22-33(28)62-34-21-20-32-35(40(55)53(32)37(34)41(56)58-4)49-39(54)36(38-50-42(46)63-52-38)51-60-45(29-14-8-5-9-15-29,30-16-10-6-11-17-30)31-18-12-7-13-19-31/h5-19,22-23,26,32,35H,20-21,24-25,27H2,1-4H3,(H,48,57)(H,49,54)(H2,46,50,52)/t32-,35+/m1/s1. The van der Waals surface area contributed by atoms with Crippen LogP contribution in [0.1, 0.15) is 61.7 Å². The Hall–Kier alpha value is -6.24. The van der Waals surface area contributed by atoms with Crippen LogP contribution in [-0.4, -0.2) is 85.9 Å². The molecule has 5 aromatic rings. The average Bonchev–Trinajstić information content (AvgIpc) is 3.72. The fourth-order valence-electron chi connectivity index (χ4n) is 7.21. The maximum atomic E-state index is 14.4. The number of ether oxygens (including phenoxy) is 2. The van der Waals surface area contributed by atoms with Gasteiger partial charge in [0.05, 0.1) is 13.2 Å². The summed E-state index contributed by atoms with van der Waals surface area (Å²) < 4.78 is 14.8. The van der Waals surface area contributed by atoms with Gasteiger partial charge in [-0.15, -0.1) is 0 Å². The van der Waals surface area contributed by atoms with Crippen LogP contribution in [0.3, 0.4) is 0 Å². The molecule has 7 rings (SSSR count). The van der Waals surface area contributed by atoms with Crippen molar-refractivity contribution in [1.29, 1.82) is 0 Å². The molecule has 4 N–H and O–H groups in total. The third-order valence-electron chi connectivity index (χ3n) is 10.0. The number of allylic oxidation sites excluding steroid dienone is 1. The molecule has 2 aliphatic heterocycles. The smallest absolute Gasteiger partial charge is 0.407 e. The largest absolute Gasteiger partial charge is 0.464 e. The summed E-state index contributed by atoms with van der Waals surface area (Å²) in [7, 11) is 1.26. The van der Waals surface area contributed by atoms with E-state index in [0.29, 0.717) is 35.8 Å². The highest BCUT2D eigenvalue weighted by molar-refractivity contribution is 8.03. The number of rotatable bonds is 16. The zero-order valence-corrected chi connectivity index (χ0v) is 37.4. The van der Waals surface area contributed by atoms with Crippen LogP contribution in [0.2, 0.25) is 0 Å². The zero-order valence-electron chi connectivity index (χ0n) is 35.0. The van der Waals surface area contributed by atoms with Crippen LogP contribution in [0.5, 0.6) is 0 Å². The molecule has 2 aliphatic rings. The number of carbonyl (C=O) groups excluding carboxylic acids is 4. The van der Waals surface area contributed by atoms with E-state index in [9.17, 15) is 19.2 Å². The van der Waals surface area contributed by atoms with Crippen LogP contribution in [0.15, 0.2) is 130 Å². The van der Waals surface area contributed by atoms with E-state index in [2.05, 4.69) is 30.1 Å². The predicted octanol–water partition coefficient (Wildman–Crippen LogP) is 6.65. The maximum absolute atomic E-state index is 14.4. The van der Waals surface area contributed by atoms with Gasteiger partial charge in [-0.1, -0.05) is 108 Å². The van der Waals surface area contributed by atoms with Gasteiger partial charge in [0, 0.05) is 68.5 Å². The Morgan fingerprint density at radius 3 is 2.16 bits per heavy atom. The van der Waals surface area contributed by atoms with E-state index in [-0.39, 0.29) is 22.4 Å². The van der Waals surface area contributed by atoms with Gasteiger partial charge in [-0.05, 0) is 45.2 Å². The minimum atomic E-state index is -1.33. The number of alkyl carbamates (subject to hydrolysis) is 1. The van der Waals surface area contributed by atoms with Crippen molar-refractivity contribution in [3.63, 3.8) is 0 Å². The highest BCUT2D eigenvalue weighted by atomic mass is 32.2. The Bertz CT molecular complexity index is 2400. The number of methoxy groups -OCH3 is 1. The second kappa shape index (κ2) is 19.9. The van der Waals surface area contributed by atoms with E-state index in [1.165, 1.54) is 23.8 Å². The average molecular weight is 907 g/mol. The number of esters is 1. The molecule has 326 valence electrons. The lowest BCUT2D eigenvalue weighted by atomic mass is 9.80. The minimum Gasteiger partial charge on any atom is -0.464 e. The van der Waals surface area contributed by atoms with Crippen molar-refractivity contribution in [3.05, 3.63) is 148 Å². The van der Waals surface area contributed by atoms with Crippen molar-refractivity contribution in [2.24, 2.45) is 5.16 Å². The van der Waals surface area contributed by atoms with Gasteiger partial charge in [0.25, 0.3) is 11.8 Å². The van der Waals surface area contributed by atoms with E-state index in [0.717, 1.165) is 38.7 Å². The lowest BCUT2D eigenvalue weighted by molar-refractivity contribution is -0.156. The monoisotopic (exact) mass is 906 g/mol. The van der Waals surface area contributed by atoms with Crippen LogP contribution in [0.4, 0.5) is 9.93 Å². The van der Waals surface area contributed by atoms with Crippen LogP contribution >= 0.6 is 35.1 Å². The number of fused-ring (bicyclic) bond motifs is 1. The highest BCUT2D eigenvalue weighted by Gasteiger charge is 2.54. The first-order chi connectivity index (χ1) is 30.4. The van der Waals surface area contributed by atoms with Crippen molar-refractivity contribution < 1.29 is 33.5 Å². The van der Waals surface area contributed by atoms with Crippen molar-refractivity contribution in [1.82, 2.24) is 29.9 Å². The Kier molecular flexibility index (Phi) is 14.1. The zero-order chi connectivity index (χ0) is 44.6. The number of hydrogen-bond acceptors (Lipinski definition) is 15. The summed E-state index contributed by atoms with van der Waals surface area (Å²) in [5.41, 5.74) is 7.06. The number of nitrogens with one attached hydrogen (secondary N) is 2. The van der Waals surface area contributed by atoms with Gasteiger partial charge in [-0.25, -0.2) is 9.59 Å². The number of hydrogen-bond donors (Lipinski definition) is 3. The summed E-state index contributed by atoms with van der Waals surface area (Å²) in [5.74, 6) is -0.794. The lowest BCUT2D eigenvalue weighted by Crippen LogP contribution is -2.72. The minimum absolute atomic E-state index is 0.0789. The van der Waals surface area contributed by atoms with Gasteiger partial charge in [-0.3, -0.25) is 19.5 Å². The first-order valence-corrected chi connectivity index (χ1v) is 22.8. The fraction of sp³-hybridized carbons (Fsp3) is 0.289. The fourth-order valence-corrected chi connectivity index (χ4v) is 9.72. The van der Waals surface area contributed by atoms with Gasteiger partial charge < -0.3 is 30.7 Å². The van der Waals surface area contributed by atoms with E-state index in [1.807, 2.05) is 118 Å². The highest BCUT2D eigenvalue weighted by Crippen LogP contribution is 2.45. The molecule has 1 saturated heterocycles. The van der Waals surface area contributed by atoms with Crippen LogP contribution in [-0.2, 0) is 40.0 Å². The van der Waals surface area contributed by atoms with Gasteiger partial charge in [0.2, 0.25) is 17.1 Å². The summed E-state index contributed by atoms with van der Waals surface area (Å²) in [5, 5.41) is 10.2. The number of pyridine rings is 1. The number of oxime groups is 1. The number of benzene rings is 3. The lowest BCUT2D eigenvalue weighted by Gasteiger charge is -2.50. The van der Waals surface area contributed by atoms with Crippen LogP contribution < -0.4 is 16.4 Å². The Balaban J connectivity index is 1.12.